The monoisotopic (exact) mass is 480 g/mol. The third kappa shape index (κ3) is 5.13. The van der Waals surface area contributed by atoms with Gasteiger partial charge in [0.25, 0.3) is 5.91 Å². The Bertz CT molecular complexity index is 1180. The van der Waals surface area contributed by atoms with Crippen LogP contribution in [0.25, 0.3) is 0 Å². The molecule has 1 unspecified atom stereocenters. The number of benzene rings is 3. The van der Waals surface area contributed by atoms with Gasteiger partial charge in [0, 0.05) is 41.1 Å². The van der Waals surface area contributed by atoms with Crippen LogP contribution in [0.3, 0.4) is 0 Å². The smallest absolute Gasteiger partial charge is 0.254 e. The number of nitrogens with one attached hydrogen (secondary N) is 1. The van der Waals surface area contributed by atoms with Gasteiger partial charge in [-0.25, -0.2) is 0 Å². The normalized spacial score (nSPS) is 13.4. The molecule has 0 saturated heterocycles. The van der Waals surface area contributed by atoms with Crippen molar-refractivity contribution in [3.63, 3.8) is 0 Å². The Morgan fingerprint density at radius 2 is 1.85 bits per heavy atom. The molecule has 1 amide bonds. The Kier molecular flexibility index (Phi) is 7.29. The van der Waals surface area contributed by atoms with Crippen molar-refractivity contribution in [2.45, 2.75) is 26.3 Å². The van der Waals surface area contributed by atoms with Gasteiger partial charge >= 0.3 is 0 Å². The summed E-state index contributed by atoms with van der Waals surface area (Å²) in [6, 6.07) is 16.2. The molecule has 1 heterocycles. The molecule has 2 N–H and O–H groups in total. The summed E-state index contributed by atoms with van der Waals surface area (Å²) in [5.41, 5.74) is 5.99. The highest BCUT2D eigenvalue weighted by atomic mass is 35.5. The van der Waals surface area contributed by atoms with Crippen LogP contribution in [0.1, 0.15) is 28.3 Å². The van der Waals surface area contributed by atoms with E-state index in [2.05, 4.69) is 24.4 Å². The average Bonchev–Trinajstić information content (AvgIpc) is 3.25. The first-order chi connectivity index (χ1) is 16.4. The number of halogens is 1. The number of carbonyl (C=O) groups is 1. The summed E-state index contributed by atoms with van der Waals surface area (Å²) in [6.07, 6.45) is 0.832. The summed E-state index contributed by atoms with van der Waals surface area (Å²) in [5, 5.41) is 13.1. The first-order valence-electron chi connectivity index (χ1n) is 11.3. The molecule has 3 aromatic rings. The van der Waals surface area contributed by atoms with Gasteiger partial charge in [0.15, 0.2) is 0 Å². The standard InChI is InChI=1S/C27H29ClN2O4/c1-17-12-18(2)24-8-9-30(25(24)13-17)27(32)26(19-4-6-20(28)7-5-19)29-21-14-22(33-3)16-23(15-21)34-11-10-31/h4-7,12-16,26,29,31H,8-11H2,1-3H3. The van der Waals surface area contributed by atoms with Crippen molar-refractivity contribution >= 4 is 28.9 Å². The van der Waals surface area contributed by atoms with Crippen LogP contribution in [0.2, 0.25) is 5.02 Å². The lowest BCUT2D eigenvalue weighted by Gasteiger charge is -2.27. The number of hydrogen-bond acceptors (Lipinski definition) is 5. The van der Waals surface area contributed by atoms with Gasteiger partial charge in [-0.05, 0) is 60.7 Å². The number of rotatable bonds is 8. The van der Waals surface area contributed by atoms with Gasteiger partial charge in [-0.1, -0.05) is 29.8 Å². The maximum atomic E-state index is 14.0. The van der Waals surface area contributed by atoms with Crippen LogP contribution in [0, 0.1) is 13.8 Å². The fourth-order valence-electron chi connectivity index (χ4n) is 4.40. The van der Waals surface area contributed by atoms with E-state index in [0.717, 1.165) is 23.2 Å². The largest absolute Gasteiger partial charge is 0.497 e. The third-order valence-electron chi connectivity index (χ3n) is 5.97. The summed E-state index contributed by atoms with van der Waals surface area (Å²) in [4.78, 5) is 15.8. The van der Waals surface area contributed by atoms with E-state index < -0.39 is 6.04 Å². The molecule has 0 radical (unpaired) electrons. The topological polar surface area (TPSA) is 71.0 Å². The molecule has 0 spiro atoms. The summed E-state index contributed by atoms with van der Waals surface area (Å²) in [5.74, 6) is 1.07. The minimum absolute atomic E-state index is 0.0493. The van der Waals surface area contributed by atoms with Crippen molar-refractivity contribution in [3.8, 4) is 11.5 Å². The second-order valence-electron chi connectivity index (χ2n) is 8.42. The van der Waals surface area contributed by atoms with E-state index in [1.165, 1.54) is 11.1 Å². The zero-order chi connectivity index (χ0) is 24.2. The fraction of sp³-hybridized carbons (Fsp3) is 0.296. The maximum absolute atomic E-state index is 14.0. The Labute approximate surface area is 205 Å². The molecule has 0 aliphatic carbocycles. The number of amides is 1. The lowest BCUT2D eigenvalue weighted by Crippen LogP contribution is -2.37. The van der Waals surface area contributed by atoms with E-state index in [-0.39, 0.29) is 19.1 Å². The minimum Gasteiger partial charge on any atom is -0.497 e. The second kappa shape index (κ2) is 10.4. The second-order valence-corrected chi connectivity index (χ2v) is 8.85. The molecule has 1 aliphatic rings. The lowest BCUT2D eigenvalue weighted by atomic mass is 10.0. The molecule has 34 heavy (non-hydrogen) atoms. The van der Waals surface area contributed by atoms with Gasteiger partial charge in [0.1, 0.15) is 24.1 Å². The molecule has 0 fully saturated rings. The number of hydrogen-bond donors (Lipinski definition) is 2. The van der Waals surface area contributed by atoms with Crippen molar-refractivity contribution in [2.24, 2.45) is 0 Å². The molecule has 7 heteroatoms. The van der Waals surface area contributed by atoms with Gasteiger partial charge in [-0.2, -0.15) is 0 Å². The molecule has 6 nitrogen and oxygen atoms in total. The Morgan fingerprint density at radius 3 is 2.56 bits per heavy atom. The molecule has 0 aromatic heterocycles. The number of aliphatic hydroxyl groups is 1. The average molecular weight is 481 g/mol. The highest BCUT2D eigenvalue weighted by Crippen LogP contribution is 2.36. The molecular weight excluding hydrogens is 452 g/mol. The number of aryl methyl sites for hydroxylation is 2. The Balaban J connectivity index is 1.71. The van der Waals surface area contributed by atoms with Crippen molar-refractivity contribution in [1.82, 2.24) is 0 Å². The van der Waals surface area contributed by atoms with E-state index in [4.69, 9.17) is 26.2 Å². The molecule has 1 aliphatic heterocycles. The van der Waals surface area contributed by atoms with Crippen LogP contribution in [0.15, 0.2) is 54.6 Å². The predicted octanol–water partition coefficient (Wildman–Crippen LogP) is 5.08. The molecule has 4 rings (SSSR count). The number of carbonyl (C=O) groups excluding carboxylic acids is 1. The van der Waals surface area contributed by atoms with E-state index in [0.29, 0.717) is 28.8 Å². The van der Waals surface area contributed by atoms with Crippen molar-refractivity contribution in [3.05, 3.63) is 81.9 Å². The van der Waals surface area contributed by atoms with Crippen LogP contribution in [-0.2, 0) is 11.2 Å². The highest BCUT2D eigenvalue weighted by Gasteiger charge is 2.32. The summed E-state index contributed by atoms with van der Waals surface area (Å²) in [6.45, 7) is 4.84. The number of methoxy groups -OCH3 is 1. The molecule has 3 aromatic carbocycles. The van der Waals surface area contributed by atoms with Gasteiger partial charge < -0.3 is 24.8 Å². The van der Waals surface area contributed by atoms with E-state index >= 15 is 0 Å². The minimum atomic E-state index is -0.651. The highest BCUT2D eigenvalue weighted by molar-refractivity contribution is 6.30. The third-order valence-corrected chi connectivity index (χ3v) is 6.23. The molecule has 0 saturated carbocycles. The summed E-state index contributed by atoms with van der Waals surface area (Å²) < 4.78 is 11.0. The van der Waals surface area contributed by atoms with E-state index in [1.54, 1.807) is 31.4 Å². The number of fused-ring (bicyclic) bond motifs is 1. The first-order valence-corrected chi connectivity index (χ1v) is 11.6. The predicted molar refractivity (Wildman–Crippen MR) is 135 cm³/mol. The Hall–Kier alpha value is -3.22. The van der Waals surface area contributed by atoms with Crippen LogP contribution in [0.4, 0.5) is 11.4 Å². The quantitative estimate of drug-likeness (QED) is 0.470. The lowest BCUT2D eigenvalue weighted by molar-refractivity contribution is -0.119. The number of nitrogens with zero attached hydrogens (tertiary/aromatic N) is 1. The number of anilines is 2. The van der Waals surface area contributed by atoms with E-state index in [1.807, 2.05) is 30.0 Å². The number of ether oxygens (including phenoxy) is 2. The van der Waals surface area contributed by atoms with Gasteiger partial charge in [-0.3, -0.25) is 4.79 Å². The van der Waals surface area contributed by atoms with Crippen LogP contribution in [0.5, 0.6) is 11.5 Å². The summed E-state index contributed by atoms with van der Waals surface area (Å²) in [7, 11) is 1.57. The van der Waals surface area contributed by atoms with Gasteiger partial charge in [-0.15, -0.1) is 0 Å². The van der Waals surface area contributed by atoms with Gasteiger partial charge in [0.05, 0.1) is 13.7 Å². The Morgan fingerprint density at radius 1 is 1.12 bits per heavy atom. The molecular formula is C27H29ClN2O4. The molecule has 1 atom stereocenters. The van der Waals surface area contributed by atoms with E-state index in [9.17, 15) is 4.79 Å². The SMILES string of the molecule is COc1cc(NC(C(=O)N2CCc3c(C)cc(C)cc32)c2ccc(Cl)cc2)cc(OCCO)c1. The first kappa shape index (κ1) is 23.9. The van der Waals surface area contributed by atoms with Crippen molar-refractivity contribution < 1.29 is 19.4 Å². The van der Waals surface area contributed by atoms with Crippen LogP contribution in [-0.4, -0.2) is 37.9 Å². The zero-order valence-corrected chi connectivity index (χ0v) is 20.4. The summed E-state index contributed by atoms with van der Waals surface area (Å²) >= 11 is 6.12. The molecule has 178 valence electrons. The maximum Gasteiger partial charge on any atom is 0.254 e. The van der Waals surface area contributed by atoms with Crippen LogP contribution >= 0.6 is 11.6 Å². The van der Waals surface area contributed by atoms with Crippen LogP contribution < -0.4 is 19.7 Å². The van der Waals surface area contributed by atoms with Crippen molar-refractivity contribution in [1.29, 1.82) is 0 Å². The number of aliphatic hydroxyl groups excluding tert-OH is 1. The molecule has 0 bridgehead atoms. The fourth-order valence-corrected chi connectivity index (χ4v) is 4.53. The van der Waals surface area contributed by atoms with Gasteiger partial charge in [0.2, 0.25) is 0 Å². The van der Waals surface area contributed by atoms with Crippen molar-refractivity contribution in [2.75, 3.05) is 37.1 Å². The zero-order valence-electron chi connectivity index (χ0n) is 19.6.